The molecule has 2 rings (SSSR count). The number of likely N-dealkylation sites (tertiary alicyclic amines) is 1. The molecule has 0 spiro atoms. The van der Waals surface area contributed by atoms with Crippen molar-refractivity contribution in [3.8, 4) is 11.8 Å². The van der Waals surface area contributed by atoms with Crippen LogP contribution in [-0.4, -0.2) is 30.0 Å². The summed E-state index contributed by atoms with van der Waals surface area (Å²) in [5.41, 5.74) is 0. The van der Waals surface area contributed by atoms with Crippen LogP contribution in [0.3, 0.4) is 0 Å². The molecule has 0 saturated carbocycles. The second-order valence-electron chi connectivity index (χ2n) is 4.97. The number of rotatable bonds is 3. The quantitative estimate of drug-likeness (QED) is 0.861. The maximum absolute atomic E-state index is 12.3. The Labute approximate surface area is 123 Å². The van der Waals surface area contributed by atoms with Gasteiger partial charge in [-0.05, 0) is 38.0 Å². The van der Waals surface area contributed by atoms with Crippen molar-refractivity contribution < 1.29 is 9.53 Å². The molecule has 1 amide bonds. The number of benzene rings is 1. The molecule has 1 aromatic carbocycles. The maximum atomic E-state index is 12.3. The van der Waals surface area contributed by atoms with E-state index in [0.717, 1.165) is 12.8 Å². The van der Waals surface area contributed by atoms with Crippen LogP contribution in [0.25, 0.3) is 0 Å². The molecule has 0 N–H and O–H groups in total. The lowest BCUT2D eigenvalue weighted by molar-refractivity contribution is -0.139. The van der Waals surface area contributed by atoms with Crippen LogP contribution < -0.4 is 4.74 Å². The van der Waals surface area contributed by atoms with Gasteiger partial charge in [-0.2, -0.15) is 5.26 Å². The summed E-state index contributed by atoms with van der Waals surface area (Å²) < 4.78 is 5.62. The highest BCUT2D eigenvalue weighted by Gasteiger charge is 2.27. The van der Waals surface area contributed by atoms with Gasteiger partial charge in [0.1, 0.15) is 5.75 Å². The van der Waals surface area contributed by atoms with Crippen molar-refractivity contribution in [2.45, 2.75) is 25.9 Å². The van der Waals surface area contributed by atoms with Gasteiger partial charge in [0.25, 0.3) is 5.91 Å². The van der Waals surface area contributed by atoms with Crippen LogP contribution in [0.5, 0.6) is 5.75 Å². The number of hydrogen-bond acceptors (Lipinski definition) is 3. The van der Waals surface area contributed by atoms with E-state index in [0.29, 0.717) is 23.9 Å². The Morgan fingerprint density at radius 1 is 1.60 bits per heavy atom. The zero-order valence-corrected chi connectivity index (χ0v) is 12.1. The van der Waals surface area contributed by atoms with Gasteiger partial charge in [0.05, 0.1) is 12.0 Å². The van der Waals surface area contributed by atoms with Gasteiger partial charge in [-0.3, -0.25) is 4.79 Å². The molecule has 1 heterocycles. The Balaban J connectivity index is 1.96. The molecule has 1 aliphatic heterocycles. The van der Waals surface area contributed by atoms with Gasteiger partial charge in [-0.1, -0.05) is 17.7 Å². The fourth-order valence-electron chi connectivity index (χ4n) is 2.33. The Hall–Kier alpha value is -1.73. The minimum atomic E-state index is -0.578. The molecular formula is C15H17ClN2O2. The first-order valence-electron chi connectivity index (χ1n) is 6.71. The first-order chi connectivity index (χ1) is 9.60. The number of carbonyl (C=O) groups is 1. The third-order valence-electron chi connectivity index (χ3n) is 3.37. The molecule has 0 aliphatic carbocycles. The summed E-state index contributed by atoms with van der Waals surface area (Å²) in [6.07, 6.45) is 1.16. The van der Waals surface area contributed by atoms with E-state index >= 15 is 0 Å². The number of nitriles is 1. The standard InChI is InChI=1S/C15H17ClN2O2/c1-11(20-14-6-2-5-13(16)8-14)15(19)18-7-3-4-12(9-17)10-18/h2,5-6,8,11-12H,3-4,7,10H2,1H3. The smallest absolute Gasteiger partial charge is 0.263 e. The predicted octanol–water partition coefficient (Wildman–Crippen LogP) is 2.87. The van der Waals surface area contributed by atoms with E-state index in [1.54, 1.807) is 36.1 Å². The van der Waals surface area contributed by atoms with E-state index in [1.165, 1.54) is 0 Å². The molecule has 0 bridgehead atoms. The van der Waals surface area contributed by atoms with Crippen molar-refractivity contribution in [3.05, 3.63) is 29.3 Å². The number of piperidine rings is 1. The van der Waals surface area contributed by atoms with Gasteiger partial charge in [0, 0.05) is 18.1 Å². The van der Waals surface area contributed by atoms with Crippen LogP contribution >= 0.6 is 11.6 Å². The zero-order chi connectivity index (χ0) is 14.5. The van der Waals surface area contributed by atoms with Gasteiger partial charge in [0.15, 0.2) is 6.10 Å². The van der Waals surface area contributed by atoms with Gasteiger partial charge >= 0.3 is 0 Å². The second-order valence-corrected chi connectivity index (χ2v) is 5.41. The van der Waals surface area contributed by atoms with E-state index in [1.807, 2.05) is 0 Å². The Bertz CT molecular complexity index is 527. The molecule has 5 heteroatoms. The van der Waals surface area contributed by atoms with E-state index in [-0.39, 0.29) is 11.8 Å². The average Bonchev–Trinajstić information content (AvgIpc) is 2.46. The van der Waals surface area contributed by atoms with Crippen LogP contribution in [0.1, 0.15) is 19.8 Å². The van der Waals surface area contributed by atoms with E-state index in [2.05, 4.69) is 6.07 Å². The van der Waals surface area contributed by atoms with Crippen LogP contribution in [-0.2, 0) is 4.79 Å². The fraction of sp³-hybridized carbons (Fsp3) is 0.467. The fourth-order valence-corrected chi connectivity index (χ4v) is 2.51. The van der Waals surface area contributed by atoms with Crippen LogP contribution in [0.2, 0.25) is 5.02 Å². The molecule has 20 heavy (non-hydrogen) atoms. The average molecular weight is 293 g/mol. The van der Waals surface area contributed by atoms with Crippen molar-refractivity contribution in [1.29, 1.82) is 5.26 Å². The third-order valence-corrected chi connectivity index (χ3v) is 3.61. The lowest BCUT2D eigenvalue weighted by atomic mass is 9.99. The molecule has 0 radical (unpaired) electrons. The van der Waals surface area contributed by atoms with Crippen LogP contribution in [0.15, 0.2) is 24.3 Å². The molecule has 2 atom stereocenters. The van der Waals surface area contributed by atoms with E-state index in [9.17, 15) is 4.79 Å². The summed E-state index contributed by atoms with van der Waals surface area (Å²) >= 11 is 5.88. The monoisotopic (exact) mass is 292 g/mol. The maximum Gasteiger partial charge on any atom is 0.263 e. The molecule has 106 valence electrons. The highest BCUT2D eigenvalue weighted by molar-refractivity contribution is 6.30. The molecule has 1 fully saturated rings. The number of hydrogen-bond donors (Lipinski definition) is 0. The predicted molar refractivity (Wildman–Crippen MR) is 76.5 cm³/mol. The number of carbonyl (C=O) groups excluding carboxylic acids is 1. The summed E-state index contributed by atoms with van der Waals surface area (Å²) in [6.45, 7) is 2.91. The second kappa shape index (κ2) is 6.62. The van der Waals surface area contributed by atoms with Gasteiger partial charge < -0.3 is 9.64 Å². The minimum Gasteiger partial charge on any atom is -0.481 e. The van der Waals surface area contributed by atoms with Crippen LogP contribution in [0.4, 0.5) is 0 Å². The molecule has 4 nitrogen and oxygen atoms in total. The SMILES string of the molecule is CC(Oc1cccc(Cl)c1)C(=O)N1CCCC(C#N)C1. The van der Waals surface area contributed by atoms with Crippen molar-refractivity contribution >= 4 is 17.5 Å². The topological polar surface area (TPSA) is 53.3 Å². The van der Waals surface area contributed by atoms with E-state index in [4.69, 9.17) is 21.6 Å². The largest absolute Gasteiger partial charge is 0.481 e. The summed E-state index contributed by atoms with van der Waals surface area (Å²) in [4.78, 5) is 14.0. The van der Waals surface area contributed by atoms with Gasteiger partial charge in [-0.25, -0.2) is 0 Å². The normalized spacial score (nSPS) is 20.1. The van der Waals surface area contributed by atoms with Gasteiger partial charge in [-0.15, -0.1) is 0 Å². The first-order valence-corrected chi connectivity index (χ1v) is 7.08. The number of amides is 1. The molecular weight excluding hydrogens is 276 g/mol. The van der Waals surface area contributed by atoms with Crippen molar-refractivity contribution in [2.75, 3.05) is 13.1 Å². The number of nitrogens with zero attached hydrogens (tertiary/aromatic N) is 2. The summed E-state index contributed by atoms with van der Waals surface area (Å²) in [7, 11) is 0. The van der Waals surface area contributed by atoms with Crippen molar-refractivity contribution in [1.82, 2.24) is 4.90 Å². The molecule has 1 aliphatic rings. The Morgan fingerprint density at radius 3 is 3.10 bits per heavy atom. The highest BCUT2D eigenvalue weighted by atomic mass is 35.5. The number of ether oxygens (including phenoxy) is 1. The molecule has 1 saturated heterocycles. The van der Waals surface area contributed by atoms with Crippen molar-refractivity contribution in [3.63, 3.8) is 0 Å². The number of halogens is 1. The van der Waals surface area contributed by atoms with Crippen molar-refractivity contribution in [2.24, 2.45) is 5.92 Å². The highest BCUT2D eigenvalue weighted by Crippen LogP contribution is 2.20. The minimum absolute atomic E-state index is 0.0638. The van der Waals surface area contributed by atoms with Gasteiger partial charge in [0.2, 0.25) is 0 Å². The molecule has 1 aromatic rings. The van der Waals surface area contributed by atoms with E-state index < -0.39 is 6.10 Å². The van der Waals surface area contributed by atoms with Crippen LogP contribution in [0, 0.1) is 17.2 Å². The summed E-state index contributed by atoms with van der Waals surface area (Å²) in [5.74, 6) is 0.434. The molecule has 2 unspecified atom stereocenters. The first kappa shape index (κ1) is 14.7. The summed E-state index contributed by atoms with van der Waals surface area (Å²) in [6, 6.07) is 9.21. The Morgan fingerprint density at radius 2 is 2.40 bits per heavy atom. The zero-order valence-electron chi connectivity index (χ0n) is 11.4. The summed E-state index contributed by atoms with van der Waals surface area (Å²) in [5, 5.41) is 9.53. The lowest BCUT2D eigenvalue weighted by Gasteiger charge is -2.31. The third kappa shape index (κ3) is 3.64. The Kier molecular flexibility index (Phi) is 4.86. The molecule has 0 aromatic heterocycles. The lowest BCUT2D eigenvalue weighted by Crippen LogP contribution is -2.45.